The van der Waals surface area contributed by atoms with Crippen molar-refractivity contribution in [3.05, 3.63) is 22.2 Å². The lowest BCUT2D eigenvalue weighted by molar-refractivity contribution is 0.0520. The monoisotopic (exact) mass is 379 g/mol. The van der Waals surface area contributed by atoms with Crippen LogP contribution >= 0.6 is 11.8 Å². The summed E-state index contributed by atoms with van der Waals surface area (Å²) in [4.78, 5) is 25.6. The van der Waals surface area contributed by atoms with E-state index in [1.165, 1.54) is 11.8 Å². The molecule has 1 saturated heterocycles. The fourth-order valence-corrected chi connectivity index (χ4v) is 3.04. The van der Waals surface area contributed by atoms with Crippen molar-refractivity contribution in [3.63, 3.8) is 0 Å². The lowest BCUT2D eigenvalue weighted by atomic mass is 10.1. The van der Waals surface area contributed by atoms with E-state index >= 15 is 0 Å². The summed E-state index contributed by atoms with van der Waals surface area (Å²) >= 11 is 1.47. The average molecular weight is 379 g/mol. The number of hydrogen-bond donors (Lipinski definition) is 1. The first kappa shape index (κ1) is 20.1. The predicted molar refractivity (Wildman–Crippen MR) is 101 cm³/mol. The van der Waals surface area contributed by atoms with Crippen LogP contribution in [0.1, 0.15) is 32.8 Å². The van der Waals surface area contributed by atoms with Gasteiger partial charge in [0.1, 0.15) is 11.4 Å². The third-order valence-electron chi connectivity index (χ3n) is 3.83. The molecule has 0 saturated carbocycles. The van der Waals surface area contributed by atoms with Crippen LogP contribution in [0.3, 0.4) is 0 Å². The van der Waals surface area contributed by atoms with Gasteiger partial charge in [-0.2, -0.15) is 0 Å². The van der Waals surface area contributed by atoms with Crippen molar-refractivity contribution in [1.29, 1.82) is 0 Å². The molecule has 0 aromatic carbocycles. The molecule has 1 fully saturated rings. The van der Waals surface area contributed by atoms with Gasteiger partial charge in [-0.1, -0.05) is 16.9 Å². The van der Waals surface area contributed by atoms with E-state index in [2.05, 4.69) is 30.2 Å². The van der Waals surface area contributed by atoms with Crippen LogP contribution in [0.2, 0.25) is 0 Å². The number of rotatable bonds is 6. The topological polar surface area (TPSA) is 116 Å². The van der Waals surface area contributed by atoms with Gasteiger partial charge in [-0.05, 0) is 44.9 Å². The van der Waals surface area contributed by atoms with Gasteiger partial charge >= 0.3 is 6.09 Å². The van der Waals surface area contributed by atoms with Crippen molar-refractivity contribution >= 4 is 23.7 Å². The molecule has 0 spiro atoms. The molecule has 1 aliphatic rings. The van der Waals surface area contributed by atoms with E-state index in [1.54, 1.807) is 6.20 Å². The number of aromatic nitrogens is 2. The fourth-order valence-electron chi connectivity index (χ4n) is 2.71. The summed E-state index contributed by atoms with van der Waals surface area (Å²) in [6.07, 6.45) is 4.18. The Morgan fingerprint density at radius 3 is 3.00 bits per heavy atom. The van der Waals surface area contributed by atoms with Crippen LogP contribution in [0.25, 0.3) is 10.4 Å². The van der Waals surface area contributed by atoms with Gasteiger partial charge in [-0.3, -0.25) is 0 Å². The Labute approximate surface area is 157 Å². The molecular weight excluding hydrogens is 354 g/mol. The predicted octanol–water partition coefficient (Wildman–Crippen LogP) is 3.36. The summed E-state index contributed by atoms with van der Waals surface area (Å²) in [6.45, 7) is 7.89. The van der Waals surface area contributed by atoms with E-state index < -0.39 is 11.7 Å². The van der Waals surface area contributed by atoms with Gasteiger partial charge in [0, 0.05) is 36.3 Å². The number of nitrogens with zero attached hydrogens (tertiary/aromatic N) is 6. The van der Waals surface area contributed by atoms with Crippen molar-refractivity contribution < 1.29 is 9.53 Å². The number of nitrogens with one attached hydrogen (secondary N) is 1. The summed E-state index contributed by atoms with van der Waals surface area (Å²) in [6, 6.07) is 0. The van der Waals surface area contributed by atoms with Crippen molar-refractivity contribution in [2.45, 2.75) is 44.5 Å². The number of alkyl carbamates (subject to hydrolysis) is 1. The molecule has 142 valence electrons. The van der Waals surface area contributed by atoms with E-state index in [0.717, 1.165) is 30.9 Å². The number of thioether (sulfide) groups is 1. The minimum atomic E-state index is -0.503. The summed E-state index contributed by atoms with van der Waals surface area (Å²) in [7, 11) is 0. The molecular formula is C16H25N7O2S. The Balaban J connectivity index is 1.99. The summed E-state index contributed by atoms with van der Waals surface area (Å²) in [5.74, 6) is 1.11. The maximum absolute atomic E-state index is 11.8. The van der Waals surface area contributed by atoms with Crippen LogP contribution in [0.4, 0.5) is 10.6 Å². The quantitative estimate of drug-likeness (QED) is 0.266. The fraction of sp³-hybridized carbons (Fsp3) is 0.688. The molecule has 0 radical (unpaired) electrons. The lowest BCUT2D eigenvalue weighted by Gasteiger charge is -2.22. The Kier molecular flexibility index (Phi) is 6.93. The molecule has 1 N–H and O–H groups in total. The smallest absolute Gasteiger partial charge is 0.407 e. The largest absolute Gasteiger partial charge is 0.444 e. The highest BCUT2D eigenvalue weighted by Gasteiger charge is 2.26. The van der Waals surface area contributed by atoms with Gasteiger partial charge in [-0.25, -0.2) is 14.8 Å². The Bertz CT molecular complexity index is 686. The molecule has 26 heavy (non-hydrogen) atoms. The van der Waals surface area contributed by atoms with Crippen LogP contribution < -0.4 is 10.2 Å². The number of ether oxygens (including phenoxy) is 1. The number of anilines is 1. The Morgan fingerprint density at radius 2 is 2.35 bits per heavy atom. The third-order valence-corrected chi connectivity index (χ3v) is 4.39. The molecule has 1 aromatic rings. The Morgan fingerprint density at radius 1 is 1.58 bits per heavy atom. The first-order chi connectivity index (χ1) is 12.3. The Hall–Kier alpha value is -2.19. The maximum Gasteiger partial charge on any atom is 0.407 e. The van der Waals surface area contributed by atoms with Gasteiger partial charge in [-0.15, -0.1) is 0 Å². The van der Waals surface area contributed by atoms with Gasteiger partial charge in [0.2, 0.25) is 0 Å². The van der Waals surface area contributed by atoms with Gasteiger partial charge < -0.3 is 15.0 Å². The van der Waals surface area contributed by atoms with E-state index in [-0.39, 0.29) is 6.54 Å². The SMILES string of the molecule is CSc1ncc(CN=[N+]=[N-])c(N2CCC(CNC(=O)OC(C)(C)C)C2)n1. The van der Waals surface area contributed by atoms with Crippen LogP contribution in [0.5, 0.6) is 0 Å². The molecule has 0 bridgehead atoms. The molecule has 10 heteroatoms. The van der Waals surface area contributed by atoms with E-state index in [1.807, 2.05) is 27.0 Å². The van der Waals surface area contributed by atoms with Crippen LogP contribution in [-0.2, 0) is 11.3 Å². The minimum absolute atomic E-state index is 0.220. The number of azide groups is 1. The van der Waals surface area contributed by atoms with Crippen LogP contribution in [0, 0.1) is 5.92 Å². The molecule has 2 rings (SSSR count). The third kappa shape index (κ3) is 5.96. The minimum Gasteiger partial charge on any atom is -0.444 e. The van der Waals surface area contributed by atoms with Gasteiger partial charge in [0.05, 0.1) is 6.54 Å². The second-order valence-electron chi connectivity index (χ2n) is 7.08. The zero-order chi connectivity index (χ0) is 19.2. The molecule has 1 atom stereocenters. The first-order valence-electron chi connectivity index (χ1n) is 8.45. The number of carbonyl (C=O) groups excluding carboxylic acids is 1. The normalized spacial score (nSPS) is 16.9. The zero-order valence-electron chi connectivity index (χ0n) is 15.6. The number of hydrogen-bond acceptors (Lipinski definition) is 7. The average Bonchev–Trinajstić information content (AvgIpc) is 3.05. The van der Waals surface area contributed by atoms with E-state index in [0.29, 0.717) is 17.6 Å². The van der Waals surface area contributed by atoms with E-state index in [9.17, 15) is 4.79 Å². The van der Waals surface area contributed by atoms with Gasteiger partial charge in [0.15, 0.2) is 5.16 Å². The van der Waals surface area contributed by atoms with Gasteiger partial charge in [0.25, 0.3) is 0 Å². The van der Waals surface area contributed by atoms with Crippen LogP contribution in [-0.4, -0.2) is 47.6 Å². The standard InChI is InChI=1S/C16H25N7O2S/c1-16(2,3)25-15(24)19-7-11-5-6-23(10-11)13-12(9-20-22-17)8-18-14(21-13)26-4/h8,11H,5-7,9-10H2,1-4H3,(H,19,24). The summed E-state index contributed by atoms with van der Waals surface area (Å²) in [5.41, 5.74) is 8.88. The summed E-state index contributed by atoms with van der Waals surface area (Å²) in [5, 5.41) is 7.15. The highest BCUT2D eigenvalue weighted by Crippen LogP contribution is 2.27. The van der Waals surface area contributed by atoms with Crippen molar-refractivity contribution in [2.75, 3.05) is 30.8 Å². The highest BCUT2D eigenvalue weighted by molar-refractivity contribution is 7.98. The number of amides is 1. The second-order valence-corrected chi connectivity index (χ2v) is 7.85. The summed E-state index contributed by atoms with van der Waals surface area (Å²) < 4.78 is 5.27. The highest BCUT2D eigenvalue weighted by atomic mass is 32.2. The second kappa shape index (κ2) is 8.95. The van der Waals surface area contributed by atoms with Crippen molar-refractivity contribution in [2.24, 2.45) is 11.0 Å². The van der Waals surface area contributed by atoms with Crippen LogP contribution in [0.15, 0.2) is 16.5 Å². The molecule has 1 aromatic heterocycles. The van der Waals surface area contributed by atoms with Crippen molar-refractivity contribution in [1.82, 2.24) is 15.3 Å². The molecule has 1 unspecified atom stereocenters. The molecule has 1 aliphatic heterocycles. The molecule has 1 amide bonds. The lowest BCUT2D eigenvalue weighted by Crippen LogP contribution is -2.36. The molecule has 2 heterocycles. The zero-order valence-corrected chi connectivity index (χ0v) is 16.4. The maximum atomic E-state index is 11.8. The molecule has 0 aliphatic carbocycles. The van der Waals surface area contributed by atoms with E-state index in [4.69, 9.17) is 10.3 Å². The molecule has 9 nitrogen and oxygen atoms in total. The number of carbonyl (C=O) groups is 1. The van der Waals surface area contributed by atoms with Crippen molar-refractivity contribution in [3.8, 4) is 0 Å². The first-order valence-corrected chi connectivity index (χ1v) is 9.67.